The molecule has 0 radical (unpaired) electrons. The van der Waals surface area contributed by atoms with Gasteiger partial charge in [-0.1, -0.05) is 0 Å². The zero-order valence-electron chi connectivity index (χ0n) is 11.4. The lowest BCUT2D eigenvalue weighted by molar-refractivity contribution is -0.139. The molecule has 114 valence electrons. The lowest BCUT2D eigenvalue weighted by atomic mass is 10.2. The maximum atomic E-state index is 11.6. The summed E-state index contributed by atoms with van der Waals surface area (Å²) in [7, 11) is 0. The van der Waals surface area contributed by atoms with E-state index in [9.17, 15) is 14.4 Å². The number of carboxylic acid groups (broad SMARTS) is 1. The molecule has 0 bridgehead atoms. The van der Waals surface area contributed by atoms with Crippen molar-refractivity contribution in [3.05, 3.63) is 24.3 Å². The average Bonchev–Trinajstić information content (AvgIpc) is 2.40. The van der Waals surface area contributed by atoms with Crippen LogP contribution in [0.3, 0.4) is 0 Å². The summed E-state index contributed by atoms with van der Waals surface area (Å²) in [6.07, 6.45) is -0.0791. The van der Waals surface area contributed by atoms with Crippen LogP contribution < -0.4 is 16.0 Å². The number of benzene rings is 1. The Morgan fingerprint density at radius 2 is 1.62 bits per heavy atom. The van der Waals surface area contributed by atoms with Gasteiger partial charge in [0.1, 0.15) is 6.04 Å². The standard InChI is InChI=1S/C13H17N3O5/c1-8(18)14-9-2-4-10(5-3-9)15-13(21)16-11(6-7-17)12(19)20/h2-5,11,17H,6-7H2,1H3,(H,14,18)(H,19,20)(H2,15,16,21)/t11-/m1/s1. The van der Waals surface area contributed by atoms with Gasteiger partial charge in [-0.3, -0.25) is 4.79 Å². The highest BCUT2D eigenvalue weighted by Crippen LogP contribution is 2.13. The van der Waals surface area contributed by atoms with Crippen molar-refractivity contribution in [1.82, 2.24) is 5.32 Å². The minimum atomic E-state index is -1.22. The summed E-state index contributed by atoms with van der Waals surface area (Å²) in [4.78, 5) is 33.3. The summed E-state index contributed by atoms with van der Waals surface area (Å²) >= 11 is 0. The van der Waals surface area contributed by atoms with Gasteiger partial charge in [-0.25, -0.2) is 9.59 Å². The number of hydrogen-bond acceptors (Lipinski definition) is 4. The third-order valence-electron chi connectivity index (χ3n) is 2.48. The molecule has 0 unspecified atom stereocenters. The molecule has 1 aromatic carbocycles. The van der Waals surface area contributed by atoms with Crippen molar-refractivity contribution in [2.24, 2.45) is 0 Å². The second-order valence-electron chi connectivity index (χ2n) is 4.26. The molecule has 8 heteroatoms. The van der Waals surface area contributed by atoms with Crippen LogP contribution in [0, 0.1) is 0 Å². The molecule has 0 spiro atoms. The lowest BCUT2D eigenvalue weighted by Gasteiger charge is -2.14. The molecule has 0 aliphatic heterocycles. The fraction of sp³-hybridized carbons (Fsp3) is 0.308. The van der Waals surface area contributed by atoms with E-state index in [1.807, 2.05) is 0 Å². The SMILES string of the molecule is CC(=O)Nc1ccc(NC(=O)N[C@H](CCO)C(=O)O)cc1. The van der Waals surface area contributed by atoms with Crippen LogP contribution in [0.15, 0.2) is 24.3 Å². The van der Waals surface area contributed by atoms with E-state index in [2.05, 4.69) is 16.0 Å². The number of hydrogen-bond donors (Lipinski definition) is 5. The molecule has 0 aliphatic rings. The number of aliphatic hydroxyl groups excluding tert-OH is 1. The molecule has 1 atom stereocenters. The van der Waals surface area contributed by atoms with Crippen LogP contribution in [0.2, 0.25) is 0 Å². The zero-order chi connectivity index (χ0) is 15.8. The van der Waals surface area contributed by atoms with Gasteiger partial charge >= 0.3 is 12.0 Å². The number of amides is 3. The number of carboxylic acids is 1. The third-order valence-corrected chi connectivity index (χ3v) is 2.48. The first-order valence-electron chi connectivity index (χ1n) is 6.21. The van der Waals surface area contributed by atoms with Gasteiger partial charge in [0.15, 0.2) is 0 Å². The molecule has 3 amide bonds. The van der Waals surface area contributed by atoms with Crippen LogP contribution in [-0.2, 0) is 9.59 Å². The molecule has 0 saturated heterocycles. The number of aliphatic hydroxyl groups is 1. The number of carbonyl (C=O) groups is 3. The predicted molar refractivity (Wildman–Crippen MR) is 76.0 cm³/mol. The Morgan fingerprint density at radius 1 is 1.10 bits per heavy atom. The largest absolute Gasteiger partial charge is 0.480 e. The molecule has 0 aliphatic carbocycles. The first kappa shape index (κ1) is 16.4. The van der Waals surface area contributed by atoms with E-state index in [4.69, 9.17) is 10.2 Å². The quantitative estimate of drug-likeness (QED) is 0.525. The fourth-order valence-electron chi connectivity index (χ4n) is 1.55. The second kappa shape index (κ2) is 7.85. The van der Waals surface area contributed by atoms with E-state index in [0.29, 0.717) is 11.4 Å². The maximum Gasteiger partial charge on any atom is 0.326 e. The van der Waals surface area contributed by atoms with E-state index < -0.39 is 18.0 Å². The molecule has 1 aromatic rings. The monoisotopic (exact) mass is 295 g/mol. The van der Waals surface area contributed by atoms with Crippen LogP contribution >= 0.6 is 0 Å². The van der Waals surface area contributed by atoms with Gasteiger partial charge < -0.3 is 26.2 Å². The zero-order valence-corrected chi connectivity index (χ0v) is 11.4. The van der Waals surface area contributed by atoms with Crippen LogP contribution in [0.4, 0.5) is 16.2 Å². The number of rotatable bonds is 6. The highest BCUT2D eigenvalue weighted by atomic mass is 16.4. The molecular weight excluding hydrogens is 278 g/mol. The Labute approximate surface area is 121 Å². The maximum absolute atomic E-state index is 11.6. The Hall–Kier alpha value is -2.61. The molecule has 21 heavy (non-hydrogen) atoms. The number of urea groups is 1. The molecule has 0 fully saturated rings. The highest BCUT2D eigenvalue weighted by molar-refractivity contribution is 5.93. The summed E-state index contributed by atoms with van der Waals surface area (Å²) in [5.74, 6) is -1.43. The van der Waals surface area contributed by atoms with E-state index in [1.54, 1.807) is 24.3 Å². The first-order valence-corrected chi connectivity index (χ1v) is 6.21. The molecule has 0 saturated carbocycles. The number of nitrogens with one attached hydrogen (secondary N) is 3. The summed E-state index contributed by atoms with van der Waals surface area (Å²) in [5, 5.41) is 24.8. The molecular formula is C13H17N3O5. The summed E-state index contributed by atoms with van der Waals surface area (Å²) < 4.78 is 0. The van der Waals surface area contributed by atoms with Gasteiger partial charge in [0.05, 0.1) is 0 Å². The van der Waals surface area contributed by atoms with Gasteiger partial charge in [-0.05, 0) is 24.3 Å². The van der Waals surface area contributed by atoms with E-state index in [1.165, 1.54) is 6.92 Å². The topological polar surface area (TPSA) is 128 Å². The minimum Gasteiger partial charge on any atom is -0.480 e. The lowest BCUT2D eigenvalue weighted by Crippen LogP contribution is -2.43. The van der Waals surface area contributed by atoms with Crippen molar-refractivity contribution in [3.63, 3.8) is 0 Å². The average molecular weight is 295 g/mol. The van der Waals surface area contributed by atoms with Crippen LogP contribution in [-0.4, -0.2) is 40.8 Å². The highest BCUT2D eigenvalue weighted by Gasteiger charge is 2.19. The molecule has 0 heterocycles. The Kier molecular flexibility index (Phi) is 6.15. The van der Waals surface area contributed by atoms with E-state index in [-0.39, 0.29) is 18.9 Å². The minimum absolute atomic E-state index is 0.0791. The first-order chi connectivity index (χ1) is 9.92. The second-order valence-corrected chi connectivity index (χ2v) is 4.26. The van der Waals surface area contributed by atoms with Gasteiger partial charge in [0.2, 0.25) is 5.91 Å². The van der Waals surface area contributed by atoms with Crippen molar-refractivity contribution < 1.29 is 24.6 Å². The van der Waals surface area contributed by atoms with Gasteiger partial charge in [-0.2, -0.15) is 0 Å². The van der Waals surface area contributed by atoms with Crippen LogP contribution in [0.1, 0.15) is 13.3 Å². The van der Waals surface area contributed by atoms with Gasteiger partial charge in [0, 0.05) is 31.3 Å². The Bertz CT molecular complexity index is 515. The number of anilines is 2. The number of aliphatic carboxylic acids is 1. The van der Waals surface area contributed by atoms with Crippen LogP contribution in [0.5, 0.6) is 0 Å². The van der Waals surface area contributed by atoms with E-state index >= 15 is 0 Å². The molecule has 5 N–H and O–H groups in total. The number of carbonyl (C=O) groups excluding carboxylic acids is 2. The predicted octanol–water partition coefficient (Wildman–Crippen LogP) is 0.602. The van der Waals surface area contributed by atoms with E-state index in [0.717, 1.165) is 0 Å². The van der Waals surface area contributed by atoms with Crippen molar-refractivity contribution in [2.75, 3.05) is 17.2 Å². The molecule has 8 nitrogen and oxygen atoms in total. The van der Waals surface area contributed by atoms with Crippen molar-refractivity contribution >= 4 is 29.3 Å². The Balaban J connectivity index is 2.57. The summed E-state index contributed by atoms with van der Waals surface area (Å²) in [5.41, 5.74) is 1.02. The van der Waals surface area contributed by atoms with Crippen molar-refractivity contribution in [2.45, 2.75) is 19.4 Å². The smallest absolute Gasteiger partial charge is 0.326 e. The normalized spacial score (nSPS) is 11.3. The summed E-state index contributed by atoms with van der Waals surface area (Å²) in [6.45, 7) is 1.04. The van der Waals surface area contributed by atoms with Crippen molar-refractivity contribution in [1.29, 1.82) is 0 Å². The third kappa shape index (κ3) is 5.91. The molecule has 0 aromatic heterocycles. The van der Waals surface area contributed by atoms with Crippen molar-refractivity contribution in [3.8, 4) is 0 Å². The fourth-order valence-corrected chi connectivity index (χ4v) is 1.55. The Morgan fingerprint density at radius 3 is 2.05 bits per heavy atom. The van der Waals surface area contributed by atoms with Gasteiger partial charge in [-0.15, -0.1) is 0 Å². The van der Waals surface area contributed by atoms with Gasteiger partial charge in [0.25, 0.3) is 0 Å². The van der Waals surface area contributed by atoms with Crippen LogP contribution in [0.25, 0.3) is 0 Å². The summed E-state index contributed by atoms with van der Waals surface area (Å²) in [6, 6.07) is 4.47. The molecule has 1 rings (SSSR count).